The van der Waals surface area contributed by atoms with Gasteiger partial charge in [0, 0.05) is 16.3 Å². The molecule has 3 heteroatoms. The van der Waals surface area contributed by atoms with E-state index in [9.17, 15) is 0 Å². The van der Waals surface area contributed by atoms with E-state index < -0.39 is 0 Å². The average molecular weight is 366 g/mol. The molecule has 0 aliphatic rings. The van der Waals surface area contributed by atoms with Crippen LogP contribution in [0.3, 0.4) is 0 Å². The minimum atomic E-state index is 0.804. The zero-order valence-corrected chi connectivity index (χ0v) is 14.3. The summed E-state index contributed by atoms with van der Waals surface area (Å²) in [6.07, 6.45) is 1.82. The molecule has 0 saturated carbocycles. The summed E-state index contributed by atoms with van der Waals surface area (Å²) in [5.41, 5.74) is 4.24. The predicted molar refractivity (Wildman–Crippen MR) is 99.8 cm³/mol. The maximum Gasteiger partial charge on any atom is 0.127 e. The summed E-state index contributed by atoms with van der Waals surface area (Å²) in [4.78, 5) is 4.54. The van der Waals surface area contributed by atoms with Gasteiger partial charge in [-0.1, -0.05) is 58.4 Å². The van der Waals surface area contributed by atoms with Crippen molar-refractivity contribution in [3.05, 3.63) is 82.8 Å². The van der Waals surface area contributed by atoms with Crippen LogP contribution in [-0.2, 0) is 0 Å². The third-order valence-electron chi connectivity index (χ3n) is 3.52. The SMILES string of the molecule is COc1ccc(Br)cc1C=Nc1ccc(-c2ccccc2)cc1. The number of halogens is 1. The Morgan fingerprint density at radius 2 is 1.57 bits per heavy atom. The van der Waals surface area contributed by atoms with Crippen LogP contribution in [0.25, 0.3) is 11.1 Å². The molecule has 0 saturated heterocycles. The van der Waals surface area contributed by atoms with Gasteiger partial charge in [0.15, 0.2) is 0 Å². The molecule has 0 spiro atoms. The molecule has 0 atom stereocenters. The number of hydrogen-bond donors (Lipinski definition) is 0. The molecule has 2 nitrogen and oxygen atoms in total. The van der Waals surface area contributed by atoms with Crippen molar-refractivity contribution in [2.75, 3.05) is 7.11 Å². The van der Waals surface area contributed by atoms with Gasteiger partial charge in [0.1, 0.15) is 5.75 Å². The van der Waals surface area contributed by atoms with Crippen LogP contribution in [0.5, 0.6) is 5.75 Å². The van der Waals surface area contributed by atoms with E-state index in [2.05, 4.69) is 45.2 Å². The molecule has 0 aliphatic heterocycles. The van der Waals surface area contributed by atoms with Crippen LogP contribution in [0.15, 0.2) is 82.3 Å². The molecule has 0 unspecified atom stereocenters. The first-order valence-electron chi connectivity index (χ1n) is 7.29. The fourth-order valence-electron chi connectivity index (χ4n) is 2.32. The maximum absolute atomic E-state index is 5.35. The van der Waals surface area contributed by atoms with E-state index in [0.717, 1.165) is 21.5 Å². The third-order valence-corrected chi connectivity index (χ3v) is 4.01. The minimum absolute atomic E-state index is 0.804. The summed E-state index contributed by atoms with van der Waals surface area (Å²) in [6, 6.07) is 24.4. The third kappa shape index (κ3) is 3.88. The molecule has 3 aromatic rings. The van der Waals surface area contributed by atoms with Gasteiger partial charge in [-0.25, -0.2) is 0 Å². The van der Waals surface area contributed by atoms with E-state index in [1.807, 2.05) is 54.7 Å². The molecular formula is C20H16BrNO. The average Bonchev–Trinajstić information content (AvgIpc) is 2.61. The van der Waals surface area contributed by atoms with Gasteiger partial charge < -0.3 is 4.74 Å². The van der Waals surface area contributed by atoms with Crippen molar-refractivity contribution < 1.29 is 4.74 Å². The highest BCUT2D eigenvalue weighted by atomic mass is 79.9. The number of methoxy groups -OCH3 is 1. The van der Waals surface area contributed by atoms with E-state index in [4.69, 9.17) is 4.74 Å². The van der Waals surface area contributed by atoms with Crippen LogP contribution in [0.2, 0.25) is 0 Å². The lowest BCUT2D eigenvalue weighted by atomic mass is 10.1. The monoisotopic (exact) mass is 365 g/mol. The van der Waals surface area contributed by atoms with Gasteiger partial charge >= 0.3 is 0 Å². The van der Waals surface area contributed by atoms with E-state index in [1.165, 1.54) is 11.1 Å². The van der Waals surface area contributed by atoms with Crippen LogP contribution >= 0.6 is 15.9 Å². The summed E-state index contributed by atoms with van der Waals surface area (Å²) >= 11 is 3.47. The van der Waals surface area contributed by atoms with Crippen molar-refractivity contribution in [1.82, 2.24) is 0 Å². The highest BCUT2D eigenvalue weighted by Gasteiger charge is 2.01. The summed E-state index contributed by atoms with van der Waals surface area (Å²) in [5, 5.41) is 0. The highest BCUT2D eigenvalue weighted by molar-refractivity contribution is 9.10. The molecule has 23 heavy (non-hydrogen) atoms. The molecular weight excluding hydrogens is 350 g/mol. The lowest BCUT2D eigenvalue weighted by Gasteiger charge is -2.05. The maximum atomic E-state index is 5.35. The molecule has 0 aliphatic carbocycles. The van der Waals surface area contributed by atoms with Crippen molar-refractivity contribution in [1.29, 1.82) is 0 Å². The van der Waals surface area contributed by atoms with Crippen molar-refractivity contribution in [3.63, 3.8) is 0 Å². The lowest BCUT2D eigenvalue weighted by molar-refractivity contribution is 0.414. The molecule has 0 aromatic heterocycles. The second-order valence-corrected chi connectivity index (χ2v) is 5.97. The van der Waals surface area contributed by atoms with E-state index in [1.54, 1.807) is 7.11 Å². The molecule has 0 N–H and O–H groups in total. The normalized spacial score (nSPS) is 10.9. The highest BCUT2D eigenvalue weighted by Crippen LogP contribution is 2.24. The van der Waals surface area contributed by atoms with Crippen molar-refractivity contribution in [2.45, 2.75) is 0 Å². The molecule has 114 valence electrons. The van der Waals surface area contributed by atoms with Crippen LogP contribution < -0.4 is 4.74 Å². The fourth-order valence-corrected chi connectivity index (χ4v) is 2.70. The standard InChI is InChI=1S/C20H16BrNO/c1-23-20-12-9-18(21)13-17(20)14-22-19-10-7-16(8-11-19)15-5-3-2-4-6-15/h2-14H,1H3. The predicted octanol–water partition coefficient (Wildman–Crippen LogP) is 5.88. The van der Waals surface area contributed by atoms with E-state index in [-0.39, 0.29) is 0 Å². The van der Waals surface area contributed by atoms with E-state index in [0.29, 0.717) is 0 Å². The Hall–Kier alpha value is -2.39. The number of aliphatic imine (C=N–C) groups is 1. The largest absolute Gasteiger partial charge is 0.496 e. The fraction of sp³-hybridized carbons (Fsp3) is 0.0500. The second kappa shape index (κ2) is 7.25. The first-order chi connectivity index (χ1) is 11.3. The van der Waals surface area contributed by atoms with Gasteiger partial charge in [0.2, 0.25) is 0 Å². The van der Waals surface area contributed by atoms with Gasteiger partial charge in [-0.2, -0.15) is 0 Å². The zero-order chi connectivity index (χ0) is 16.1. The van der Waals surface area contributed by atoms with Gasteiger partial charge in [-0.05, 0) is 41.5 Å². The van der Waals surface area contributed by atoms with Gasteiger partial charge in [-0.15, -0.1) is 0 Å². The molecule has 0 heterocycles. The van der Waals surface area contributed by atoms with Crippen molar-refractivity contribution >= 4 is 27.8 Å². The summed E-state index contributed by atoms with van der Waals surface area (Å²) in [7, 11) is 1.66. The number of nitrogens with zero attached hydrogens (tertiary/aromatic N) is 1. The van der Waals surface area contributed by atoms with E-state index >= 15 is 0 Å². The van der Waals surface area contributed by atoms with Crippen LogP contribution in [0.4, 0.5) is 5.69 Å². The summed E-state index contributed by atoms with van der Waals surface area (Å²) < 4.78 is 6.35. The zero-order valence-electron chi connectivity index (χ0n) is 12.7. The Kier molecular flexibility index (Phi) is 4.89. The number of rotatable bonds is 4. The minimum Gasteiger partial charge on any atom is -0.496 e. The Morgan fingerprint density at radius 3 is 2.26 bits per heavy atom. The quantitative estimate of drug-likeness (QED) is 0.529. The number of ether oxygens (including phenoxy) is 1. The Bertz CT molecular complexity index is 811. The van der Waals surface area contributed by atoms with Gasteiger partial charge in [0.25, 0.3) is 0 Å². The van der Waals surface area contributed by atoms with Gasteiger partial charge in [-0.3, -0.25) is 4.99 Å². The first kappa shape index (κ1) is 15.5. The van der Waals surface area contributed by atoms with Crippen molar-refractivity contribution in [2.24, 2.45) is 4.99 Å². The topological polar surface area (TPSA) is 21.6 Å². The Balaban J connectivity index is 1.82. The van der Waals surface area contributed by atoms with Crippen LogP contribution in [-0.4, -0.2) is 13.3 Å². The molecule has 0 fully saturated rings. The molecule has 3 aromatic carbocycles. The summed E-state index contributed by atoms with van der Waals surface area (Å²) in [6.45, 7) is 0. The Labute approximate surface area is 144 Å². The number of hydrogen-bond acceptors (Lipinski definition) is 2. The molecule has 0 amide bonds. The van der Waals surface area contributed by atoms with Crippen LogP contribution in [0, 0.1) is 0 Å². The van der Waals surface area contributed by atoms with Crippen molar-refractivity contribution in [3.8, 4) is 16.9 Å². The van der Waals surface area contributed by atoms with Gasteiger partial charge in [0.05, 0.1) is 12.8 Å². The summed E-state index contributed by atoms with van der Waals surface area (Å²) in [5.74, 6) is 0.804. The second-order valence-electron chi connectivity index (χ2n) is 5.06. The first-order valence-corrected chi connectivity index (χ1v) is 8.08. The smallest absolute Gasteiger partial charge is 0.127 e. The molecule has 0 radical (unpaired) electrons. The number of benzene rings is 3. The molecule has 3 rings (SSSR count). The lowest BCUT2D eigenvalue weighted by Crippen LogP contribution is -1.90. The van der Waals surface area contributed by atoms with Crippen LogP contribution in [0.1, 0.15) is 5.56 Å². The Morgan fingerprint density at radius 1 is 0.870 bits per heavy atom. The molecule has 0 bridgehead atoms.